The number of rotatable bonds is 9. The van der Waals surface area contributed by atoms with Gasteiger partial charge in [0.25, 0.3) is 0 Å². The van der Waals surface area contributed by atoms with Crippen molar-refractivity contribution in [1.29, 1.82) is 0 Å². The molecular formula is C15H21NO5. The molecule has 0 aliphatic carbocycles. The number of hydrogen-bond acceptors (Lipinski definition) is 6. The van der Waals surface area contributed by atoms with E-state index < -0.39 is 5.97 Å². The summed E-state index contributed by atoms with van der Waals surface area (Å²) in [5.41, 5.74) is 0.370. The maximum atomic E-state index is 11.8. The first-order valence-corrected chi connectivity index (χ1v) is 6.84. The van der Waals surface area contributed by atoms with E-state index >= 15 is 0 Å². The molecule has 0 aliphatic rings. The van der Waals surface area contributed by atoms with Crippen LogP contribution >= 0.6 is 0 Å². The first kappa shape index (κ1) is 17.0. The van der Waals surface area contributed by atoms with Gasteiger partial charge in [-0.05, 0) is 19.9 Å². The molecule has 6 heteroatoms. The van der Waals surface area contributed by atoms with Crippen LogP contribution in [-0.4, -0.2) is 43.1 Å². The highest BCUT2D eigenvalue weighted by molar-refractivity contribution is 5.90. The lowest BCUT2D eigenvalue weighted by Gasteiger charge is -2.18. The average Bonchev–Trinajstić information content (AvgIpc) is 2.87. The number of ether oxygens (including phenoxy) is 2. The van der Waals surface area contributed by atoms with E-state index in [9.17, 15) is 9.59 Å². The summed E-state index contributed by atoms with van der Waals surface area (Å²) >= 11 is 0. The van der Waals surface area contributed by atoms with Crippen LogP contribution in [0.25, 0.3) is 0 Å². The second-order valence-electron chi connectivity index (χ2n) is 4.24. The van der Waals surface area contributed by atoms with Gasteiger partial charge in [0.2, 0.25) is 0 Å². The predicted octanol–water partition coefficient (Wildman–Crippen LogP) is 2.01. The van der Waals surface area contributed by atoms with E-state index in [0.29, 0.717) is 37.6 Å². The molecule has 0 unspecified atom stereocenters. The summed E-state index contributed by atoms with van der Waals surface area (Å²) in [6.07, 6.45) is 3.10. The van der Waals surface area contributed by atoms with E-state index in [0.717, 1.165) is 0 Å². The van der Waals surface area contributed by atoms with E-state index in [2.05, 4.69) is 6.58 Å². The molecule has 1 rings (SSSR count). The molecule has 0 radical (unpaired) electrons. The Morgan fingerprint density at radius 1 is 1.33 bits per heavy atom. The van der Waals surface area contributed by atoms with Crippen molar-refractivity contribution in [2.75, 3.05) is 26.3 Å². The molecule has 0 spiro atoms. The van der Waals surface area contributed by atoms with Gasteiger partial charge in [-0.2, -0.15) is 0 Å². The standard InChI is InChI=1S/C15H21NO5/c1-4-8-16(11-14(17)19-5-2)10-13-12(7-9-21-13)15(18)20-6-3/h4,7,9H,1,5-6,8,10-11H2,2-3H3. The maximum absolute atomic E-state index is 11.8. The molecule has 116 valence electrons. The summed E-state index contributed by atoms with van der Waals surface area (Å²) in [7, 11) is 0. The lowest BCUT2D eigenvalue weighted by Crippen LogP contribution is -2.31. The maximum Gasteiger partial charge on any atom is 0.341 e. The number of esters is 2. The zero-order chi connectivity index (χ0) is 15.7. The van der Waals surface area contributed by atoms with Crippen LogP contribution in [0.15, 0.2) is 29.4 Å². The van der Waals surface area contributed by atoms with Crippen molar-refractivity contribution >= 4 is 11.9 Å². The van der Waals surface area contributed by atoms with Gasteiger partial charge in [-0.1, -0.05) is 6.08 Å². The Balaban J connectivity index is 2.75. The highest BCUT2D eigenvalue weighted by Gasteiger charge is 2.19. The van der Waals surface area contributed by atoms with E-state index in [1.54, 1.807) is 30.9 Å². The third-order valence-corrected chi connectivity index (χ3v) is 2.65. The minimum Gasteiger partial charge on any atom is -0.467 e. The number of hydrogen-bond donors (Lipinski definition) is 0. The topological polar surface area (TPSA) is 69.0 Å². The predicted molar refractivity (Wildman–Crippen MR) is 76.8 cm³/mol. The number of carbonyl (C=O) groups excluding carboxylic acids is 2. The van der Waals surface area contributed by atoms with Crippen molar-refractivity contribution in [3.05, 3.63) is 36.3 Å². The monoisotopic (exact) mass is 295 g/mol. The van der Waals surface area contributed by atoms with Crippen molar-refractivity contribution in [2.24, 2.45) is 0 Å². The lowest BCUT2D eigenvalue weighted by molar-refractivity contribution is -0.144. The molecule has 0 atom stereocenters. The Morgan fingerprint density at radius 3 is 2.67 bits per heavy atom. The Morgan fingerprint density at radius 2 is 2.05 bits per heavy atom. The lowest BCUT2D eigenvalue weighted by atomic mass is 10.2. The Bertz CT molecular complexity index is 480. The van der Waals surface area contributed by atoms with Gasteiger partial charge < -0.3 is 13.9 Å². The molecule has 0 amide bonds. The van der Waals surface area contributed by atoms with Gasteiger partial charge in [0, 0.05) is 6.54 Å². The van der Waals surface area contributed by atoms with Crippen LogP contribution in [0, 0.1) is 0 Å². The van der Waals surface area contributed by atoms with Crippen molar-refractivity contribution in [1.82, 2.24) is 4.90 Å². The van der Waals surface area contributed by atoms with Crippen molar-refractivity contribution < 1.29 is 23.5 Å². The largest absolute Gasteiger partial charge is 0.467 e. The SMILES string of the molecule is C=CCN(CC(=O)OCC)Cc1occc1C(=O)OCC. The fourth-order valence-electron chi connectivity index (χ4n) is 1.81. The second kappa shape index (κ2) is 8.97. The van der Waals surface area contributed by atoms with Crippen LogP contribution in [-0.2, 0) is 20.8 Å². The fraction of sp³-hybridized carbons (Fsp3) is 0.467. The Hall–Kier alpha value is -2.08. The van der Waals surface area contributed by atoms with Gasteiger partial charge in [0.1, 0.15) is 11.3 Å². The minimum atomic E-state index is -0.434. The number of carbonyl (C=O) groups is 2. The third-order valence-electron chi connectivity index (χ3n) is 2.65. The van der Waals surface area contributed by atoms with Gasteiger partial charge in [-0.3, -0.25) is 9.69 Å². The zero-order valence-electron chi connectivity index (χ0n) is 12.5. The second-order valence-corrected chi connectivity index (χ2v) is 4.24. The molecule has 0 N–H and O–H groups in total. The summed E-state index contributed by atoms with van der Waals surface area (Å²) in [4.78, 5) is 25.1. The molecule has 21 heavy (non-hydrogen) atoms. The molecule has 1 aromatic rings. The van der Waals surface area contributed by atoms with Gasteiger partial charge in [0.05, 0.1) is 32.6 Å². The highest BCUT2D eigenvalue weighted by atomic mass is 16.5. The average molecular weight is 295 g/mol. The molecule has 1 aromatic heterocycles. The van der Waals surface area contributed by atoms with Crippen LogP contribution < -0.4 is 0 Å². The van der Waals surface area contributed by atoms with Gasteiger partial charge in [-0.25, -0.2) is 4.79 Å². The number of furan rings is 1. The molecular weight excluding hydrogens is 274 g/mol. The molecule has 0 saturated carbocycles. The highest BCUT2D eigenvalue weighted by Crippen LogP contribution is 2.15. The van der Waals surface area contributed by atoms with Crippen LogP contribution in [0.5, 0.6) is 0 Å². The zero-order valence-corrected chi connectivity index (χ0v) is 12.5. The Labute approximate surface area is 124 Å². The first-order valence-electron chi connectivity index (χ1n) is 6.84. The van der Waals surface area contributed by atoms with Crippen LogP contribution in [0.4, 0.5) is 0 Å². The van der Waals surface area contributed by atoms with E-state index in [1.807, 2.05) is 0 Å². The van der Waals surface area contributed by atoms with E-state index in [4.69, 9.17) is 13.9 Å². The molecule has 0 saturated heterocycles. The van der Waals surface area contributed by atoms with Crippen LogP contribution in [0.3, 0.4) is 0 Å². The molecule has 0 aromatic carbocycles. The minimum absolute atomic E-state index is 0.100. The van der Waals surface area contributed by atoms with Gasteiger partial charge >= 0.3 is 11.9 Å². The van der Waals surface area contributed by atoms with Gasteiger partial charge in [0.15, 0.2) is 0 Å². The van der Waals surface area contributed by atoms with Crippen LogP contribution in [0.2, 0.25) is 0 Å². The summed E-state index contributed by atoms with van der Waals surface area (Å²) in [5, 5.41) is 0. The smallest absolute Gasteiger partial charge is 0.341 e. The first-order chi connectivity index (χ1) is 10.1. The Kier molecular flexibility index (Phi) is 7.25. The number of nitrogens with zero attached hydrogens (tertiary/aromatic N) is 1. The fourth-order valence-corrected chi connectivity index (χ4v) is 1.81. The summed E-state index contributed by atoms with van der Waals surface area (Å²) < 4.78 is 15.2. The van der Waals surface area contributed by atoms with Gasteiger partial charge in [-0.15, -0.1) is 6.58 Å². The van der Waals surface area contributed by atoms with Crippen molar-refractivity contribution in [3.63, 3.8) is 0 Å². The summed E-state index contributed by atoms with van der Waals surface area (Å²) in [6, 6.07) is 1.56. The summed E-state index contributed by atoms with van der Waals surface area (Å²) in [6.45, 7) is 8.64. The third kappa shape index (κ3) is 5.43. The molecule has 0 aliphatic heterocycles. The quantitative estimate of drug-likeness (QED) is 0.513. The summed E-state index contributed by atoms with van der Waals surface area (Å²) in [5.74, 6) is -0.306. The molecule has 1 heterocycles. The van der Waals surface area contributed by atoms with Crippen molar-refractivity contribution in [2.45, 2.75) is 20.4 Å². The van der Waals surface area contributed by atoms with E-state index in [1.165, 1.54) is 6.26 Å². The van der Waals surface area contributed by atoms with Crippen LogP contribution in [0.1, 0.15) is 30.0 Å². The molecule has 6 nitrogen and oxygen atoms in total. The normalized spacial score (nSPS) is 10.4. The molecule has 0 bridgehead atoms. The van der Waals surface area contributed by atoms with E-state index in [-0.39, 0.29) is 12.5 Å². The molecule has 0 fully saturated rings. The van der Waals surface area contributed by atoms with Crippen molar-refractivity contribution in [3.8, 4) is 0 Å².